The van der Waals surface area contributed by atoms with Crippen LogP contribution in [0.5, 0.6) is 11.5 Å². The summed E-state index contributed by atoms with van der Waals surface area (Å²) in [7, 11) is 1.49. The molecule has 0 saturated heterocycles. The second-order valence-corrected chi connectivity index (χ2v) is 6.48. The first-order valence-electron chi connectivity index (χ1n) is 9.82. The summed E-state index contributed by atoms with van der Waals surface area (Å²) in [5.41, 5.74) is 2.15. The van der Waals surface area contributed by atoms with Crippen LogP contribution in [0.4, 0.5) is 0 Å². The molecule has 0 radical (unpaired) electrons. The number of benzene rings is 2. The molecule has 9 nitrogen and oxygen atoms in total. The van der Waals surface area contributed by atoms with E-state index in [0.29, 0.717) is 29.3 Å². The minimum absolute atomic E-state index is 0.0790. The lowest BCUT2D eigenvalue weighted by molar-refractivity contribution is -0.123. The Morgan fingerprint density at radius 2 is 1.87 bits per heavy atom. The van der Waals surface area contributed by atoms with Crippen LogP contribution in [-0.2, 0) is 16.0 Å². The highest BCUT2D eigenvalue weighted by molar-refractivity contribution is 5.94. The van der Waals surface area contributed by atoms with Gasteiger partial charge in [0.25, 0.3) is 5.91 Å². The Hall–Kier alpha value is -3.88. The molecule has 1 amide bonds. The summed E-state index contributed by atoms with van der Waals surface area (Å²) in [5, 5.41) is 13.2. The molecule has 0 aliphatic heterocycles. The summed E-state index contributed by atoms with van der Waals surface area (Å²) in [4.78, 5) is 24.1. The maximum absolute atomic E-state index is 12.1. The number of ether oxygens (including phenoxy) is 3. The fraction of sp³-hybridized carbons (Fsp3) is 0.273. The Morgan fingerprint density at radius 1 is 1.06 bits per heavy atom. The van der Waals surface area contributed by atoms with Gasteiger partial charge in [-0.05, 0) is 37.1 Å². The lowest BCUT2D eigenvalue weighted by Gasteiger charge is -2.12. The van der Waals surface area contributed by atoms with Crippen molar-refractivity contribution < 1.29 is 23.8 Å². The summed E-state index contributed by atoms with van der Waals surface area (Å²) < 4.78 is 16.0. The monoisotopic (exact) mass is 424 g/mol. The van der Waals surface area contributed by atoms with Crippen LogP contribution in [0.3, 0.4) is 0 Å². The van der Waals surface area contributed by atoms with Crippen molar-refractivity contribution in [2.45, 2.75) is 13.3 Å². The summed E-state index contributed by atoms with van der Waals surface area (Å²) in [6.45, 7) is 2.31. The molecule has 3 rings (SSSR count). The third kappa shape index (κ3) is 5.81. The molecule has 0 bridgehead atoms. The van der Waals surface area contributed by atoms with E-state index in [4.69, 9.17) is 14.2 Å². The van der Waals surface area contributed by atoms with Crippen molar-refractivity contribution in [3.8, 4) is 22.8 Å². The predicted octanol–water partition coefficient (Wildman–Crippen LogP) is 2.39. The Labute approximate surface area is 179 Å². The van der Waals surface area contributed by atoms with E-state index in [1.54, 1.807) is 25.1 Å². The quantitative estimate of drug-likeness (QED) is 0.480. The number of carbonyl (C=O) groups excluding carboxylic acids is 2. The van der Waals surface area contributed by atoms with E-state index in [2.05, 4.69) is 20.7 Å². The lowest BCUT2D eigenvalue weighted by Crippen LogP contribution is -2.30. The number of carbonyl (C=O) groups is 2. The van der Waals surface area contributed by atoms with Gasteiger partial charge in [0.2, 0.25) is 0 Å². The fourth-order valence-electron chi connectivity index (χ4n) is 2.89. The number of H-pyrrole nitrogens is 1. The predicted molar refractivity (Wildman–Crippen MR) is 113 cm³/mol. The summed E-state index contributed by atoms with van der Waals surface area (Å²) in [6, 6.07) is 14.9. The molecule has 0 aliphatic carbocycles. The molecule has 3 aromatic rings. The van der Waals surface area contributed by atoms with Crippen LogP contribution in [-0.4, -0.2) is 54.2 Å². The molecular formula is C22H24N4O5. The van der Waals surface area contributed by atoms with Gasteiger partial charge in [0, 0.05) is 12.1 Å². The highest BCUT2D eigenvalue weighted by Gasteiger charge is 2.20. The zero-order valence-electron chi connectivity index (χ0n) is 17.4. The molecular weight excluding hydrogens is 400 g/mol. The number of hydrogen-bond acceptors (Lipinski definition) is 7. The van der Waals surface area contributed by atoms with Gasteiger partial charge >= 0.3 is 5.97 Å². The maximum Gasteiger partial charge on any atom is 0.361 e. The van der Waals surface area contributed by atoms with Crippen LogP contribution < -0.4 is 14.8 Å². The molecule has 162 valence electrons. The van der Waals surface area contributed by atoms with Crippen LogP contribution >= 0.6 is 0 Å². The van der Waals surface area contributed by atoms with Crippen LogP contribution in [0.1, 0.15) is 23.0 Å². The molecule has 0 fully saturated rings. The Balaban J connectivity index is 1.60. The topological polar surface area (TPSA) is 115 Å². The van der Waals surface area contributed by atoms with Gasteiger partial charge in [-0.1, -0.05) is 30.3 Å². The minimum atomic E-state index is -0.572. The smallest absolute Gasteiger partial charge is 0.361 e. The van der Waals surface area contributed by atoms with E-state index < -0.39 is 5.97 Å². The first-order valence-corrected chi connectivity index (χ1v) is 9.82. The van der Waals surface area contributed by atoms with E-state index in [0.717, 1.165) is 12.0 Å². The third-order valence-corrected chi connectivity index (χ3v) is 4.39. The average Bonchev–Trinajstić information content (AvgIpc) is 3.28. The first-order chi connectivity index (χ1) is 15.1. The Kier molecular flexibility index (Phi) is 7.58. The van der Waals surface area contributed by atoms with Crippen molar-refractivity contribution in [3.63, 3.8) is 0 Å². The summed E-state index contributed by atoms with van der Waals surface area (Å²) in [5.74, 6) is -0.0149. The molecule has 1 heterocycles. The van der Waals surface area contributed by atoms with E-state index >= 15 is 0 Å². The largest absolute Gasteiger partial charge is 0.493 e. The number of methoxy groups -OCH3 is 1. The van der Waals surface area contributed by atoms with Gasteiger partial charge in [-0.2, -0.15) is 10.3 Å². The Morgan fingerprint density at radius 3 is 2.61 bits per heavy atom. The van der Waals surface area contributed by atoms with Crippen molar-refractivity contribution in [2.24, 2.45) is 0 Å². The van der Waals surface area contributed by atoms with Gasteiger partial charge in [0.05, 0.1) is 13.7 Å². The zero-order valence-corrected chi connectivity index (χ0v) is 17.4. The molecule has 0 spiro atoms. The van der Waals surface area contributed by atoms with E-state index in [1.165, 1.54) is 7.11 Å². The number of aromatic nitrogens is 3. The maximum atomic E-state index is 12.1. The third-order valence-electron chi connectivity index (χ3n) is 4.39. The normalized spacial score (nSPS) is 10.4. The van der Waals surface area contributed by atoms with Crippen molar-refractivity contribution in [1.82, 2.24) is 20.7 Å². The number of amides is 1. The van der Waals surface area contributed by atoms with Gasteiger partial charge in [-0.15, -0.1) is 5.10 Å². The highest BCUT2D eigenvalue weighted by Crippen LogP contribution is 2.32. The molecule has 1 aromatic heterocycles. The van der Waals surface area contributed by atoms with Crippen molar-refractivity contribution in [1.29, 1.82) is 0 Å². The fourth-order valence-corrected chi connectivity index (χ4v) is 2.89. The van der Waals surface area contributed by atoms with Gasteiger partial charge < -0.3 is 19.5 Å². The van der Waals surface area contributed by atoms with Gasteiger partial charge in [-0.25, -0.2) is 4.79 Å². The second-order valence-electron chi connectivity index (χ2n) is 6.48. The molecule has 2 N–H and O–H groups in total. The zero-order chi connectivity index (χ0) is 22.1. The Bertz CT molecular complexity index is 1020. The molecule has 0 atom stereocenters. The lowest BCUT2D eigenvalue weighted by atomic mass is 10.1. The van der Waals surface area contributed by atoms with Gasteiger partial charge in [0.1, 0.15) is 5.69 Å². The highest BCUT2D eigenvalue weighted by atomic mass is 16.5. The van der Waals surface area contributed by atoms with Crippen molar-refractivity contribution >= 4 is 11.9 Å². The van der Waals surface area contributed by atoms with Crippen LogP contribution in [0, 0.1) is 0 Å². The number of rotatable bonds is 10. The minimum Gasteiger partial charge on any atom is -0.493 e. The van der Waals surface area contributed by atoms with Crippen molar-refractivity contribution in [2.75, 3.05) is 26.9 Å². The second kappa shape index (κ2) is 10.8. The first kappa shape index (κ1) is 21.8. The van der Waals surface area contributed by atoms with Crippen LogP contribution in [0.25, 0.3) is 11.3 Å². The van der Waals surface area contributed by atoms with Gasteiger partial charge in [-0.3, -0.25) is 4.79 Å². The molecule has 0 aliphatic rings. The molecule has 31 heavy (non-hydrogen) atoms. The van der Waals surface area contributed by atoms with Crippen LogP contribution in [0.2, 0.25) is 0 Å². The van der Waals surface area contributed by atoms with Crippen molar-refractivity contribution in [3.05, 3.63) is 59.8 Å². The number of nitrogens with zero attached hydrogens (tertiary/aromatic N) is 2. The summed E-state index contributed by atoms with van der Waals surface area (Å²) >= 11 is 0. The summed E-state index contributed by atoms with van der Waals surface area (Å²) in [6.07, 6.45) is 0.741. The average molecular weight is 424 g/mol. The molecule has 9 heteroatoms. The van der Waals surface area contributed by atoms with Gasteiger partial charge in [0.15, 0.2) is 23.8 Å². The van der Waals surface area contributed by atoms with Crippen LogP contribution in [0.15, 0.2) is 48.5 Å². The van der Waals surface area contributed by atoms with E-state index in [-0.39, 0.29) is 24.8 Å². The number of aromatic amines is 1. The number of esters is 1. The SMILES string of the molecule is CCOC(=O)c1n[nH]nc1-c1ccc(OCC(=O)NCCc2ccccc2)c(OC)c1. The van der Waals surface area contributed by atoms with E-state index in [1.807, 2.05) is 30.3 Å². The standard InChI is InChI=1S/C22H24N4O5/c1-3-30-22(28)21-20(24-26-25-21)16-9-10-17(18(13-16)29-2)31-14-19(27)23-12-11-15-7-5-4-6-8-15/h4-10,13H,3,11-12,14H2,1-2H3,(H,23,27)(H,24,25,26). The molecule has 2 aromatic carbocycles. The molecule has 0 saturated carbocycles. The van der Waals surface area contributed by atoms with E-state index in [9.17, 15) is 9.59 Å². The number of nitrogens with one attached hydrogen (secondary N) is 2. The molecule has 0 unspecified atom stereocenters. The number of hydrogen-bond donors (Lipinski definition) is 2.